The van der Waals surface area contributed by atoms with Gasteiger partial charge in [-0.05, 0) is 66.9 Å². The first-order valence-corrected chi connectivity index (χ1v) is 11.7. The largest absolute Gasteiger partial charge is 0.325 e. The Bertz CT molecular complexity index is 1140. The maximum atomic E-state index is 13.3. The fourth-order valence-corrected chi connectivity index (χ4v) is 4.59. The number of aryl methyl sites for hydroxylation is 1. The number of nitrogens with one attached hydrogen (secondary N) is 1. The molecule has 31 heavy (non-hydrogen) atoms. The van der Waals surface area contributed by atoms with E-state index < -0.39 is 15.9 Å². The zero-order valence-corrected chi connectivity index (χ0v) is 19.2. The first-order valence-electron chi connectivity index (χ1n) is 9.91. The second-order valence-corrected chi connectivity index (χ2v) is 9.92. The molecule has 0 radical (unpaired) electrons. The molecule has 7 heteroatoms. The molecule has 3 rings (SSSR count). The van der Waals surface area contributed by atoms with Crippen LogP contribution in [0.1, 0.15) is 30.9 Å². The van der Waals surface area contributed by atoms with E-state index in [4.69, 9.17) is 11.6 Å². The third kappa shape index (κ3) is 5.66. The molecule has 5 nitrogen and oxygen atoms in total. The topological polar surface area (TPSA) is 66.5 Å². The highest BCUT2D eigenvalue weighted by molar-refractivity contribution is 7.92. The number of hydrogen-bond acceptors (Lipinski definition) is 3. The third-order valence-corrected chi connectivity index (χ3v) is 6.91. The molecule has 0 aliphatic carbocycles. The van der Waals surface area contributed by atoms with Gasteiger partial charge in [0.25, 0.3) is 10.0 Å². The number of rotatable bonds is 7. The molecule has 1 N–H and O–H groups in total. The molecular weight excluding hydrogens is 432 g/mol. The van der Waals surface area contributed by atoms with Crippen molar-refractivity contribution in [1.82, 2.24) is 0 Å². The molecule has 1 amide bonds. The Labute approximate surface area is 188 Å². The molecule has 0 heterocycles. The summed E-state index contributed by atoms with van der Waals surface area (Å²) in [6.45, 7) is 5.69. The number of hydrogen-bond donors (Lipinski definition) is 1. The summed E-state index contributed by atoms with van der Waals surface area (Å²) in [7, 11) is -3.96. The van der Waals surface area contributed by atoms with Crippen molar-refractivity contribution in [3.63, 3.8) is 0 Å². The quantitative estimate of drug-likeness (QED) is 0.502. The van der Waals surface area contributed by atoms with E-state index in [0.29, 0.717) is 22.3 Å². The normalized spacial score (nSPS) is 11.4. The van der Waals surface area contributed by atoms with Crippen LogP contribution in [-0.4, -0.2) is 20.9 Å². The lowest BCUT2D eigenvalue weighted by Gasteiger charge is -2.24. The van der Waals surface area contributed by atoms with Crippen molar-refractivity contribution in [2.24, 2.45) is 0 Å². The lowest BCUT2D eigenvalue weighted by atomic mass is 10.0. The SMILES string of the molecule is Cc1ccc(S(=O)(=O)N(CC(=O)Nc2ccc(C(C)C)cc2)c2ccc(Cl)cc2)cc1. The van der Waals surface area contributed by atoms with Crippen LogP contribution in [0.5, 0.6) is 0 Å². The van der Waals surface area contributed by atoms with Crippen LogP contribution in [0.2, 0.25) is 5.02 Å². The van der Waals surface area contributed by atoms with Crippen LogP contribution in [0.15, 0.2) is 77.7 Å². The maximum Gasteiger partial charge on any atom is 0.264 e. The Kier molecular flexibility index (Phi) is 7.03. The monoisotopic (exact) mass is 456 g/mol. The summed E-state index contributed by atoms with van der Waals surface area (Å²) in [5.74, 6) is -0.0623. The zero-order valence-electron chi connectivity index (χ0n) is 17.7. The minimum Gasteiger partial charge on any atom is -0.325 e. The van der Waals surface area contributed by atoms with Crippen molar-refractivity contribution < 1.29 is 13.2 Å². The summed E-state index contributed by atoms with van der Waals surface area (Å²) in [5.41, 5.74) is 3.07. The third-order valence-electron chi connectivity index (χ3n) is 4.87. The molecule has 0 atom stereocenters. The molecule has 0 saturated carbocycles. The summed E-state index contributed by atoms with van der Waals surface area (Å²) < 4.78 is 27.8. The van der Waals surface area contributed by atoms with Gasteiger partial charge in [-0.15, -0.1) is 0 Å². The Morgan fingerprint density at radius 1 is 0.935 bits per heavy atom. The van der Waals surface area contributed by atoms with Crippen molar-refractivity contribution in [1.29, 1.82) is 0 Å². The van der Waals surface area contributed by atoms with Crippen molar-refractivity contribution in [3.8, 4) is 0 Å². The summed E-state index contributed by atoms with van der Waals surface area (Å²) in [4.78, 5) is 12.9. The van der Waals surface area contributed by atoms with Crippen molar-refractivity contribution in [2.75, 3.05) is 16.2 Å². The molecule has 0 aromatic heterocycles. The number of carbonyl (C=O) groups excluding carboxylic acids is 1. The van der Waals surface area contributed by atoms with Crippen molar-refractivity contribution in [3.05, 3.63) is 88.9 Å². The predicted octanol–water partition coefficient (Wildman–Crippen LogP) is 5.61. The fourth-order valence-electron chi connectivity index (χ4n) is 3.04. The standard InChI is InChI=1S/C24H25ClN2O3S/c1-17(2)19-6-10-21(11-7-19)26-24(28)16-27(22-12-8-20(25)9-13-22)31(29,30)23-14-4-18(3)5-15-23/h4-15,17H,16H2,1-3H3,(H,26,28). The molecule has 3 aromatic rings. The molecule has 0 aliphatic heterocycles. The lowest BCUT2D eigenvalue weighted by Crippen LogP contribution is -2.38. The van der Waals surface area contributed by atoms with Gasteiger partial charge in [-0.3, -0.25) is 9.10 Å². The molecule has 0 fully saturated rings. The number of benzene rings is 3. The number of carbonyl (C=O) groups is 1. The summed E-state index contributed by atoms with van der Waals surface area (Å²) >= 11 is 5.97. The van der Waals surface area contributed by atoms with E-state index in [2.05, 4.69) is 19.2 Å². The lowest BCUT2D eigenvalue weighted by molar-refractivity contribution is -0.114. The Morgan fingerprint density at radius 3 is 2.06 bits per heavy atom. The van der Waals surface area contributed by atoms with E-state index in [1.807, 2.05) is 31.2 Å². The van der Waals surface area contributed by atoms with E-state index in [1.165, 1.54) is 12.1 Å². The van der Waals surface area contributed by atoms with Crippen LogP contribution >= 0.6 is 11.6 Å². The van der Waals surface area contributed by atoms with Gasteiger partial charge in [-0.25, -0.2) is 8.42 Å². The molecule has 162 valence electrons. The van der Waals surface area contributed by atoms with Crippen LogP contribution in [0, 0.1) is 6.92 Å². The highest BCUT2D eigenvalue weighted by Crippen LogP contribution is 2.26. The van der Waals surface area contributed by atoms with E-state index in [1.54, 1.807) is 36.4 Å². The van der Waals surface area contributed by atoms with Crippen LogP contribution in [0.4, 0.5) is 11.4 Å². The second kappa shape index (κ2) is 9.54. The maximum absolute atomic E-state index is 13.3. The number of amides is 1. The van der Waals surface area contributed by atoms with E-state index >= 15 is 0 Å². The first kappa shape index (κ1) is 22.8. The van der Waals surface area contributed by atoms with Gasteiger partial charge in [0.1, 0.15) is 6.54 Å². The number of nitrogens with zero attached hydrogens (tertiary/aromatic N) is 1. The summed E-state index contributed by atoms with van der Waals surface area (Å²) in [6, 6.07) is 20.4. The Balaban J connectivity index is 1.88. The number of anilines is 2. The molecular formula is C24H25ClN2O3S. The predicted molar refractivity (Wildman–Crippen MR) is 126 cm³/mol. The van der Waals surface area contributed by atoms with Gasteiger partial charge in [0.15, 0.2) is 0 Å². The minimum absolute atomic E-state index is 0.113. The Morgan fingerprint density at radius 2 is 1.52 bits per heavy atom. The molecule has 0 saturated heterocycles. The van der Waals surface area contributed by atoms with E-state index in [9.17, 15) is 13.2 Å². The second-order valence-electron chi connectivity index (χ2n) is 7.63. The highest BCUT2D eigenvalue weighted by atomic mass is 35.5. The van der Waals surface area contributed by atoms with Gasteiger partial charge in [0.05, 0.1) is 10.6 Å². The van der Waals surface area contributed by atoms with Gasteiger partial charge in [0.2, 0.25) is 5.91 Å². The average molecular weight is 457 g/mol. The van der Waals surface area contributed by atoms with Gasteiger partial charge in [0, 0.05) is 10.7 Å². The van der Waals surface area contributed by atoms with E-state index in [0.717, 1.165) is 15.4 Å². The highest BCUT2D eigenvalue weighted by Gasteiger charge is 2.27. The smallest absolute Gasteiger partial charge is 0.264 e. The molecule has 0 unspecified atom stereocenters. The molecule has 0 spiro atoms. The van der Waals surface area contributed by atoms with Crippen LogP contribution in [0.25, 0.3) is 0 Å². The molecule has 3 aromatic carbocycles. The molecule has 0 bridgehead atoms. The van der Waals surface area contributed by atoms with Crippen molar-refractivity contribution >= 4 is 38.9 Å². The van der Waals surface area contributed by atoms with Gasteiger partial charge >= 0.3 is 0 Å². The van der Waals surface area contributed by atoms with Gasteiger partial charge in [-0.2, -0.15) is 0 Å². The van der Waals surface area contributed by atoms with Gasteiger partial charge in [-0.1, -0.05) is 55.3 Å². The van der Waals surface area contributed by atoms with Crippen molar-refractivity contribution in [2.45, 2.75) is 31.6 Å². The minimum atomic E-state index is -3.96. The zero-order chi connectivity index (χ0) is 22.6. The fraction of sp³-hybridized carbons (Fsp3) is 0.208. The molecule has 0 aliphatic rings. The van der Waals surface area contributed by atoms with Crippen LogP contribution in [0.3, 0.4) is 0 Å². The van der Waals surface area contributed by atoms with Crippen LogP contribution < -0.4 is 9.62 Å². The number of sulfonamides is 1. The average Bonchev–Trinajstić information content (AvgIpc) is 2.73. The summed E-state index contributed by atoms with van der Waals surface area (Å²) in [6.07, 6.45) is 0. The Hall–Kier alpha value is -2.83. The van der Waals surface area contributed by atoms with Gasteiger partial charge < -0.3 is 5.32 Å². The number of halogens is 1. The van der Waals surface area contributed by atoms with Crippen LogP contribution in [-0.2, 0) is 14.8 Å². The van der Waals surface area contributed by atoms with E-state index in [-0.39, 0.29) is 11.4 Å². The first-order chi connectivity index (χ1) is 14.7. The summed E-state index contributed by atoms with van der Waals surface area (Å²) in [5, 5.41) is 3.26.